The number of halogens is 1. The van der Waals surface area contributed by atoms with E-state index in [0.717, 1.165) is 110 Å². The van der Waals surface area contributed by atoms with E-state index < -0.39 is 11.2 Å². The van der Waals surface area contributed by atoms with E-state index in [9.17, 15) is 19.8 Å². The number of ketones is 2. The SMILES string of the molecule is C.CCc1ccccc1.CN(CC(=O)[C@H]1CC[C@H]2[C@@H]3CC[C@@H]4C[C@](C)(O)CC[C@@H]4[C@H]3CC[C@]12C)c1ccccc1.C[C@@]1(O)CC[C@H]2[C@H](CC[C@@H]3[C@@H]2CC[C@]2(C)[C@@H](C(=O)CBr)CC[C@@H]32)C1.[B]. The third-order valence-corrected chi connectivity index (χ3v) is 20.8. The van der Waals surface area contributed by atoms with Gasteiger partial charge in [-0.3, -0.25) is 9.59 Å². The summed E-state index contributed by atoms with van der Waals surface area (Å²) in [7, 11) is 2.05. The smallest absolute Gasteiger partial charge is 0.155 e. The Morgan fingerprint density at radius 3 is 1.45 bits per heavy atom. The summed E-state index contributed by atoms with van der Waals surface area (Å²) in [6.07, 6.45) is 22.7. The molecule has 0 unspecified atom stereocenters. The molecule has 10 rings (SSSR count). The molecule has 0 heterocycles. The first-order valence-electron chi connectivity index (χ1n) is 25.9. The highest BCUT2D eigenvalue weighted by molar-refractivity contribution is 9.09. The van der Waals surface area contributed by atoms with Crippen molar-refractivity contribution < 1.29 is 19.8 Å². The molecule has 16 atom stereocenters. The van der Waals surface area contributed by atoms with Crippen molar-refractivity contribution >= 4 is 41.6 Å². The molecular formula is C58H88BBrNO4. The Morgan fingerprint density at radius 1 is 0.585 bits per heavy atom. The van der Waals surface area contributed by atoms with Crippen LogP contribution in [0, 0.1) is 81.8 Å². The van der Waals surface area contributed by atoms with Crippen LogP contribution in [0.3, 0.4) is 0 Å². The summed E-state index contributed by atoms with van der Waals surface area (Å²) in [4.78, 5) is 28.1. The summed E-state index contributed by atoms with van der Waals surface area (Å²) in [5.74, 6) is 9.45. The maximum Gasteiger partial charge on any atom is 0.155 e. The number of para-hydroxylation sites is 1. The molecule has 3 radical (unpaired) electrons. The number of aliphatic hydroxyl groups is 2. The molecular weight excluding hydrogens is 865 g/mol. The minimum Gasteiger partial charge on any atom is -0.390 e. The minimum atomic E-state index is -0.438. The predicted octanol–water partition coefficient (Wildman–Crippen LogP) is 13.2. The largest absolute Gasteiger partial charge is 0.390 e. The van der Waals surface area contributed by atoms with E-state index in [4.69, 9.17) is 0 Å². The van der Waals surface area contributed by atoms with Gasteiger partial charge in [0.15, 0.2) is 5.78 Å². The van der Waals surface area contributed by atoms with Gasteiger partial charge in [0.05, 0.1) is 23.1 Å². The maximum absolute atomic E-state index is 13.5. The molecule has 7 heteroatoms. The van der Waals surface area contributed by atoms with Gasteiger partial charge in [-0.2, -0.15) is 0 Å². The van der Waals surface area contributed by atoms with E-state index in [1.54, 1.807) is 0 Å². The molecule has 2 aromatic rings. The van der Waals surface area contributed by atoms with E-state index in [2.05, 4.69) is 85.0 Å². The van der Waals surface area contributed by atoms with Gasteiger partial charge in [0.1, 0.15) is 5.78 Å². The molecule has 2 aromatic carbocycles. The van der Waals surface area contributed by atoms with Crippen LogP contribution < -0.4 is 4.90 Å². The Hall–Kier alpha value is -1.96. The summed E-state index contributed by atoms with van der Waals surface area (Å²) >= 11 is 3.42. The van der Waals surface area contributed by atoms with Gasteiger partial charge in [0, 0.05) is 33.0 Å². The number of nitrogens with zero attached hydrogens (tertiary/aromatic N) is 1. The van der Waals surface area contributed by atoms with Crippen molar-refractivity contribution in [2.75, 3.05) is 23.8 Å². The second kappa shape index (κ2) is 21.4. The summed E-state index contributed by atoms with van der Waals surface area (Å²) < 4.78 is 0. The zero-order valence-electron chi connectivity index (χ0n) is 40.7. The molecule has 0 spiro atoms. The van der Waals surface area contributed by atoms with E-state index >= 15 is 0 Å². The van der Waals surface area contributed by atoms with Gasteiger partial charge in [-0.05, 0) is 224 Å². The van der Waals surface area contributed by atoms with Gasteiger partial charge in [0.2, 0.25) is 0 Å². The Kier molecular flexibility index (Phi) is 17.2. The Labute approximate surface area is 406 Å². The first kappa shape index (κ1) is 52.4. The molecule has 8 aliphatic carbocycles. The first-order valence-corrected chi connectivity index (χ1v) is 27.1. The number of hydrogen-bond acceptors (Lipinski definition) is 5. The van der Waals surface area contributed by atoms with Gasteiger partial charge >= 0.3 is 0 Å². The number of anilines is 1. The molecule has 359 valence electrons. The van der Waals surface area contributed by atoms with E-state index in [1.807, 2.05) is 38.1 Å². The lowest BCUT2D eigenvalue weighted by molar-refractivity contribution is -0.131. The predicted molar refractivity (Wildman–Crippen MR) is 274 cm³/mol. The number of Topliss-reactive ketones (excluding diaryl/α,β-unsaturated/α-hetero) is 2. The van der Waals surface area contributed by atoms with Crippen molar-refractivity contribution in [2.24, 2.45) is 81.8 Å². The molecule has 8 fully saturated rings. The number of rotatable bonds is 7. The standard InChI is InChI=1S/C28H41NO2.C21H33BrO2.C8H10.CH4.B/c1-27(31)15-13-21-19(17-27)9-10-23-22(21)14-16-28(2)24(23)11-12-25(28)26(30)18-29(3)20-7-5-4-6-8-20;1-20(24)9-7-14-13(11-20)3-4-16-15(14)8-10-21(2)17(16)5-6-18(21)19(23)12-22;1-2-8-6-4-3-5-7-8;;/h4-8,19,21-25,31H,9-18H2,1-3H3;13-18,24H,3-12H2,1-2H3;3-7H,2H2,1H3;1H4;/t19-,21+,22-,23-,24+,25-,27-,28+;13-,14+,15-,16-,17+,18-,20-,21+;;;/m11.../s1. The number of benzene rings is 2. The van der Waals surface area contributed by atoms with Gasteiger partial charge in [0.25, 0.3) is 0 Å². The fraction of sp³-hybridized carbons (Fsp3) is 0.759. The fourth-order valence-corrected chi connectivity index (χ4v) is 17.5. The van der Waals surface area contributed by atoms with Crippen LogP contribution in [0.5, 0.6) is 0 Å². The summed E-state index contributed by atoms with van der Waals surface area (Å²) in [6.45, 7) is 11.7. The maximum atomic E-state index is 13.5. The van der Waals surface area contributed by atoms with Crippen molar-refractivity contribution in [2.45, 2.75) is 175 Å². The molecule has 65 heavy (non-hydrogen) atoms. The number of carbonyl (C=O) groups excluding carboxylic acids is 2. The van der Waals surface area contributed by atoms with Crippen molar-refractivity contribution in [3.05, 3.63) is 66.2 Å². The van der Waals surface area contributed by atoms with Crippen LogP contribution in [0.4, 0.5) is 5.69 Å². The van der Waals surface area contributed by atoms with Crippen molar-refractivity contribution in [3.63, 3.8) is 0 Å². The third kappa shape index (κ3) is 10.8. The number of aryl methyl sites for hydroxylation is 1. The molecule has 8 saturated carbocycles. The Morgan fingerprint density at radius 2 is 1.02 bits per heavy atom. The molecule has 0 amide bonds. The highest BCUT2D eigenvalue weighted by Crippen LogP contribution is 2.66. The molecule has 5 nitrogen and oxygen atoms in total. The van der Waals surface area contributed by atoms with Crippen LogP contribution in [0.1, 0.15) is 163 Å². The molecule has 0 aromatic heterocycles. The van der Waals surface area contributed by atoms with Crippen molar-refractivity contribution in [1.29, 1.82) is 0 Å². The highest BCUT2D eigenvalue weighted by Gasteiger charge is 2.60. The van der Waals surface area contributed by atoms with Gasteiger partial charge in [-0.1, -0.05) is 92.7 Å². The van der Waals surface area contributed by atoms with Gasteiger partial charge in [-0.15, -0.1) is 0 Å². The molecule has 0 saturated heterocycles. The van der Waals surface area contributed by atoms with Crippen molar-refractivity contribution in [3.8, 4) is 0 Å². The Bertz CT molecular complexity index is 1860. The van der Waals surface area contributed by atoms with E-state index in [-0.39, 0.29) is 32.6 Å². The van der Waals surface area contributed by atoms with Crippen LogP contribution in [0.2, 0.25) is 0 Å². The molecule has 2 N–H and O–H groups in total. The van der Waals surface area contributed by atoms with Gasteiger partial charge < -0.3 is 15.1 Å². The second-order valence-electron chi connectivity index (χ2n) is 23.8. The molecule has 0 bridgehead atoms. The number of hydrogen-bond donors (Lipinski definition) is 2. The monoisotopic (exact) mass is 953 g/mol. The summed E-state index contributed by atoms with van der Waals surface area (Å²) in [5, 5.41) is 21.6. The lowest BCUT2D eigenvalue weighted by atomic mass is 9.49. The third-order valence-electron chi connectivity index (χ3n) is 20.2. The number of fused-ring (bicyclic) bond motifs is 10. The summed E-state index contributed by atoms with van der Waals surface area (Å²) in [5.41, 5.74) is 2.14. The number of carbonyl (C=O) groups is 2. The van der Waals surface area contributed by atoms with Crippen LogP contribution >= 0.6 is 15.9 Å². The lowest BCUT2D eigenvalue weighted by Crippen LogP contribution is -2.51. The first-order chi connectivity index (χ1) is 30.1. The highest BCUT2D eigenvalue weighted by atomic mass is 79.9. The zero-order chi connectivity index (χ0) is 44.7. The minimum absolute atomic E-state index is 0. The normalized spacial score (nSPS) is 42.0. The topological polar surface area (TPSA) is 77.8 Å². The lowest BCUT2D eigenvalue weighted by Gasteiger charge is -2.56. The summed E-state index contributed by atoms with van der Waals surface area (Å²) in [6, 6.07) is 20.8. The van der Waals surface area contributed by atoms with Crippen LogP contribution in [0.25, 0.3) is 0 Å². The average Bonchev–Trinajstić information content (AvgIpc) is 3.83. The number of likely N-dealkylation sites (N-methyl/N-ethyl adjacent to an activating group) is 1. The zero-order valence-corrected chi connectivity index (χ0v) is 42.3. The molecule has 8 aliphatic rings. The van der Waals surface area contributed by atoms with Crippen LogP contribution in [-0.4, -0.2) is 60.3 Å². The Balaban J connectivity index is 0.000000183. The van der Waals surface area contributed by atoms with Gasteiger partial charge in [-0.25, -0.2) is 0 Å². The molecule has 0 aliphatic heterocycles. The van der Waals surface area contributed by atoms with Crippen LogP contribution in [0.15, 0.2) is 60.7 Å². The van der Waals surface area contributed by atoms with Crippen molar-refractivity contribution in [1.82, 2.24) is 0 Å². The van der Waals surface area contributed by atoms with Crippen LogP contribution in [-0.2, 0) is 16.0 Å². The average molecular weight is 954 g/mol. The number of alkyl halides is 1. The van der Waals surface area contributed by atoms with E-state index in [0.29, 0.717) is 29.4 Å². The second-order valence-corrected chi connectivity index (χ2v) is 24.4. The quantitative estimate of drug-likeness (QED) is 0.214. The van der Waals surface area contributed by atoms with E-state index in [1.165, 1.54) is 82.6 Å². The fourth-order valence-electron chi connectivity index (χ4n) is 17.1.